The second kappa shape index (κ2) is 11.7. The van der Waals surface area contributed by atoms with Crippen molar-refractivity contribution in [3.8, 4) is 0 Å². The lowest BCUT2D eigenvalue weighted by Gasteiger charge is -2.26. The van der Waals surface area contributed by atoms with Crippen LogP contribution in [-0.4, -0.2) is 23.0 Å². The van der Waals surface area contributed by atoms with E-state index in [4.69, 9.17) is 5.73 Å². The number of benzene rings is 1. The van der Waals surface area contributed by atoms with Crippen LogP contribution in [0.15, 0.2) is 24.3 Å². The third-order valence-corrected chi connectivity index (χ3v) is 5.52. The number of fused-ring (bicyclic) bond motifs is 1. The Bertz CT molecular complexity index is 611. The molecule has 0 aliphatic heterocycles. The molecule has 0 radical (unpaired) electrons. The van der Waals surface area contributed by atoms with Crippen molar-refractivity contribution in [1.29, 1.82) is 0 Å². The molecule has 0 aliphatic rings. The molecular weight excluding hydrogens is 377 g/mol. The van der Waals surface area contributed by atoms with Gasteiger partial charge in [0.2, 0.25) is 5.91 Å². The SMILES string of the molecule is CCC(N)(CC)CNC(=O)CCCCc1nc2ccccc2s1.Cl.Cl. The summed E-state index contributed by atoms with van der Waals surface area (Å²) in [7, 11) is 0. The number of nitrogens with one attached hydrogen (secondary N) is 1. The number of amides is 1. The zero-order valence-corrected chi connectivity index (χ0v) is 17.4. The summed E-state index contributed by atoms with van der Waals surface area (Å²) in [5.74, 6) is 0.103. The van der Waals surface area contributed by atoms with Gasteiger partial charge in [-0.15, -0.1) is 36.2 Å². The van der Waals surface area contributed by atoms with Crippen molar-refractivity contribution in [3.05, 3.63) is 29.3 Å². The number of nitrogens with two attached hydrogens (primary N) is 1. The van der Waals surface area contributed by atoms with Gasteiger partial charge in [-0.05, 0) is 44.2 Å². The first-order chi connectivity index (χ1) is 11.1. The summed E-state index contributed by atoms with van der Waals surface area (Å²) >= 11 is 1.75. The molecule has 7 heteroatoms. The van der Waals surface area contributed by atoms with Gasteiger partial charge in [0.15, 0.2) is 0 Å². The van der Waals surface area contributed by atoms with Gasteiger partial charge in [0.05, 0.1) is 15.2 Å². The van der Waals surface area contributed by atoms with Crippen molar-refractivity contribution in [2.24, 2.45) is 5.73 Å². The second-order valence-electron chi connectivity index (χ2n) is 6.13. The fraction of sp³-hybridized carbons (Fsp3) is 0.556. The number of hydrogen-bond donors (Lipinski definition) is 2. The molecule has 1 heterocycles. The van der Waals surface area contributed by atoms with Gasteiger partial charge in [-0.2, -0.15) is 0 Å². The minimum absolute atomic E-state index is 0. The fourth-order valence-electron chi connectivity index (χ4n) is 2.45. The highest BCUT2D eigenvalue weighted by Crippen LogP contribution is 2.22. The van der Waals surface area contributed by atoms with E-state index in [1.807, 2.05) is 18.2 Å². The van der Waals surface area contributed by atoms with Crippen LogP contribution in [0.4, 0.5) is 0 Å². The first-order valence-electron chi connectivity index (χ1n) is 8.46. The normalized spacial score (nSPS) is 10.8. The van der Waals surface area contributed by atoms with Crippen LogP contribution in [0, 0.1) is 0 Å². The van der Waals surface area contributed by atoms with E-state index < -0.39 is 0 Å². The van der Waals surface area contributed by atoms with Gasteiger partial charge < -0.3 is 11.1 Å². The molecule has 0 aliphatic carbocycles. The Balaban J connectivity index is 0.00000288. The largest absolute Gasteiger partial charge is 0.354 e. The molecule has 2 aromatic rings. The van der Waals surface area contributed by atoms with Crippen molar-refractivity contribution in [2.75, 3.05) is 6.54 Å². The average molecular weight is 406 g/mol. The average Bonchev–Trinajstić information content (AvgIpc) is 2.99. The van der Waals surface area contributed by atoms with E-state index in [0.29, 0.717) is 13.0 Å². The topological polar surface area (TPSA) is 68.0 Å². The van der Waals surface area contributed by atoms with Crippen molar-refractivity contribution in [1.82, 2.24) is 10.3 Å². The van der Waals surface area contributed by atoms with Crippen molar-refractivity contribution >= 4 is 52.3 Å². The van der Waals surface area contributed by atoms with E-state index in [1.54, 1.807) is 11.3 Å². The Morgan fingerprint density at radius 1 is 1.20 bits per heavy atom. The van der Waals surface area contributed by atoms with E-state index in [2.05, 4.69) is 30.2 Å². The highest BCUT2D eigenvalue weighted by Gasteiger charge is 2.20. The van der Waals surface area contributed by atoms with E-state index in [9.17, 15) is 4.79 Å². The van der Waals surface area contributed by atoms with Gasteiger partial charge in [-0.1, -0.05) is 26.0 Å². The van der Waals surface area contributed by atoms with Crippen LogP contribution in [0.2, 0.25) is 0 Å². The van der Waals surface area contributed by atoms with E-state index >= 15 is 0 Å². The summed E-state index contributed by atoms with van der Waals surface area (Å²) in [5.41, 5.74) is 7.00. The summed E-state index contributed by atoms with van der Waals surface area (Å²) in [6, 6.07) is 8.20. The van der Waals surface area contributed by atoms with E-state index in [1.165, 1.54) is 4.70 Å². The molecule has 2 rings (SSSR count). The van der Waals surface area contributed by atoms with Gasteiger partial charge in [-0.3, -0.25) is 4.79 Å². The van der Waals surface area contributed by atoms with Gasteiger partial charge in [0.25, 0.3) is 0 Å². The number of carbonyl (C=O) groups excluding carboxylic acids is 1. The molecule has 0 saturated carbocycles. The second-order valence-corrected chi connectivity index (χ2v) is 7.24. The number of para-hydroxylation sites is 1. The number of thiazole rings is 1. The maximum Gasteiger partial charge on any atom is 0.220 e. The molecule has 0 atom stereocenters. The zero-order valence-electron chi connectivity index (χ0n) is 14.9. The Morgan fingerprint density at radius 3 is 2.52 bits per heavy atom. The summed E-state index contributed by atoms with van der Waals surface area (Å²) in [6.07, 6.45) is 5.13. The van der Waals surface area contributed by atoms with Crippen LogP contribution in [0.5, 0.6) is 0 Å². The summed E-state index contributed by atoms with van der Waals surface area (Å²) < 4.78 is 1.23. The zero-order chi connectivity index (χ0) is 16.7. The van der Waals surface area contributed by atoms with E-state index in [0.717, 1.165) is 42.6 Å². The number of carbonyl (C=O) groups is 1. The van der Waals surface area contributed by atoms with Crippen LogP contribution in [-0.2, 0) is 11.2 Å². The molecule has 1 amide bonds. The maximum absolute atomic E-state index is 11.9. The Kier molecular flexibility index (Phi) is 11.3. The highest BCUT2D eigenvalue weighted by molar-refractivity contribution is 7.18. The van der Waals surface area contributed by atoms with Crippen LogP contribution in [0.1, 0.15) is 51.0 Å². The third kappa shape index (κ3) is 7.48. The molecule has 3 N–H and O–H groups in total. The number of hydrogen-bond acceptors (Lipinski definition) is 4. The number of halogens is 2. The summed E-state index contributed by atoms with van der Waals surface area (Å²) in [4.78, 5) is 16.5. The minimum Gasteiger partial charge on any atom is -0.354 e. The highest BCUT2D eigenvalue weighted by atomic mass is 35.5. The molecule has 0 bridgehead atoms. The van der Waals surface area contributed by atoms with Crippen molar-refractivity contribution < 1.29 is 4.79 Å². The molecule has 0 unspecified atom stereocenters. The molecule has 4 nitrogen and oxygen atoms in total. The van der Waals surface area contributed by atoms with Gasteiger partial charge >= 0.3 is 0 Å². The van der Waals surface area contributed by atoms with Crippen LogP contribution in [0.3, 0.4) is 0 Å². The predicted molar refractivity (Wildman–Crippen MR) is 112 cm³/mol. The number of aryl methyl sites for hydroxylation is 1. The number of unbranched alkanes of at least 4 members (excludes halogenated alkanes) is 1. The maximum atomic E-state index is 11.9. The van der Waals surface area contributed by atoms with E-state index in [-0.39, 0.29) is 36.3 Å². The molecule has 1 aromatic carbocycles. The monoisotopic (exact) mass is 405 g/mol. The smallest absolute Gasteiger partial charge is 0.220 e. The number of aromatic nitrogens is 1. The van der Waals surface area contributed by atoms with Gasteiger partial charge in [0.1, 0.15) is 0 Å². The standard InChI is InChI=1S/C18H27N3OS.2ClH/c1-3-18(19,4-2)13-20-16(22)11-7-8-12-17-21-14-9-5-6-10-15(14)23-17;;/h5-6,9-10H,3-4,7-8,11-13,19H2,1-2H3,(H,20,22);2*1H. The quantitative estimate of drug-likeness (QED) is 0.603. The first kappa shape index (κ1) is 24.1. The molecular formula is C18H29Cl2N3OS. The number of nitrogens with zero attached hydrogens (tertiary/aromatic N) is 1. The fourth-order valence-corrected chi connectivity index (χ4v) is 3.46. The molecule has 0 saturated heterocycles. The molecule has 25 heavy (non-hydrogen) atoms. The molecule has 142 valence electrons. The lowest BCUT2D eigenvalue weighted by atomic mass is 9.94. The van der Waals surface area contributed by atoms with Crippen LogP contribution in [0.25, 0.3) is 10.2 Å². The Hall–Kier alpha value is -0.880. The number of rotatable bonds is 9. The van der Waals surface area contributed by atoms with Crippen LogP contribution >= 0.6 is 36.2 Å². The van der Waals surface area contributed by atoms with Gasteiger partial charge in [-0.25, -0.2) is 4.98 Å². The molecule has 1 aromatic heterocycles. The Morgan fingerprint density at radius 2 is 1.88 bits per heavy atom. The lowest BCUT2D eigenvalue weighted by molar-refractivity contribution is -0.121. The van der Waals surface area contributed by atoms with Gasteiger partial charge in [0, 0.05) is 18.5 Å². The van der Waals surface area contributed by atoms with Crippen molar-refractivity contribution in [3.63, 3.8) is 0 Å². The van der Waals surface area contributed by atoms with Crippen molar-refractivity contribution in [2.45, 2.75) is 57.9 Å². The first-order valence-corrected chi connectivity index (χ1v) is 9.28. The summed E-state index contributed by atoms with van der Waals surface area (Å²) in [6.45, 7) is 4.69. The molecule has 0 fully saturated rings. The summed E-state index contributed by atoms with van der Waals surface area (Å²) in [5, 5.41) is 4.13. The Labute approximate surface area is 166 Å². The minimum atomic E-state index is -0.267. The lowest BCUT2D eigenvalue weighted by Crippen LogP contribution is -2.49. The predicted octanol–water partition coefficient (Wildman–Crippen LogP) is 4.49. The molecule has 0 spiro atoms. The van der Waals surface area contributed by atoms with Crippen LogP contribution < -0.4 is 11.1 Å². The third-order valence-electron chi connectivity index (χ3n) is 4.43.